The fourth-order valence-corrected chi connectivity index (χ4v) is 59.6. The quantitative estimate of drug-likeness (QED) is 0.363. The second-order valence-corrected chi connectivity index (χ2v) is 38.8. The molecule has 0 rings (SSSR count). The van der Waals surface area contributed by atoms with Crippen molar-refractivity contribution in [2.45, 2.75) is 88.4 Å². The van der Waals surface area contributed by atoms with Crippen molar-refractivity contribution in [3.63, 3.8) is 0 Å². The molecule has 0 heterocycles. The molecule has 0 aromatic heterocycles. The Morgan fingerprint density at radius 3 is 0.750 bits per heavy atom. The van der Waals surface area contributed by atoms with E-state index in [2.05, 4.69) is 87.5 Å². The number of hydrogen-bond acceptors (Lipinski definition) is 0. The van der Waals surface area contributed by atoms with Gasteiger partial charge >= 0.3 is 0 Å². The van der Waals surface area contributed by atoms with Crippen molar-refractivity contribution in [2.24, 2.45) is 0 Å². The minimum Gasteiger partial charge on any atom is -0.112 e. The molecule has 0 aliphatic rings. The van der Waals surface area contributed by atoms with Crippen molar-refractivity contribution in [1.82, 2.24) is 0 Å². The zero-order chi connectivity index (χ0) is 16.7. The van der Waals surface area contributed by atoms with Gasteiger partial charge in [-0.2, -0.15) is 0 Å². The van der Waals surface area contributed by atoms with Crippen LogP contribution >= 0.6 is 16.5 Å². The van der Waals surface area contributed by atoms with E-state index in [9.17, 15) is 0 Å². The molecule has 0 aromatic carbocycles. The standard InChI is InChI=1S/C14H40P2Si4/c1-17(2,3)13(18(4,5)6)16(15)14(19(7,8)9)20(10,11)12/h13-14H,15H2,1-12H3. The van der Waals surface area contributed by atoms with Gasteiger partial charge in [-0.1, -0.05) is 86.2 Å². The average molecular weight is 383 g/mol. The zero-order valence-corrected chi connectivity index (χ0v) is 22.2. The molecule has 0 aromatic rings. The molecular formula is C14H40P2Si4. The smallest absolute Gasteiger partial charge is 0.0495 e. The van der Waals surface area contributed by atoms with E-state index in [0.717, 1.165) is 9.81 Å². The summed E-state index contributed by atoms with van der Waals surface area (Å²) in [5.41, 5.74) is 0. The monoisotopic (exact) mass is 382 g/mol. The highest BCUT2D eigenvalue weighted by atomic mass is 32.0. The van der Waals surface area contributed by atoms with Crippen LogP contribution in [0, 0.1) is 0 Å². The van der Waals surface area contributed by atoms with E-state index in [1.807, 2.05) is 0 Å². The maximum absolute atomic E-state index is 3.44. The molecule has 0 saturated carbocycles. The second-order valence-electron chi connectivity index (χ2n) is 10.7. The van der Waals surface area contributed by atoms with Gasteiger partial charge < -0.3 is 0 Å². The van der Waals surface area contributed by atoms with Crippen LogP contribution in [0.3, 0.4) is 0 Å². The van der Waals surface area contributed by atoms with Crippen molar-refractivity contribution in [3.05, 3.63) is 0 Å². The molecule has 0 bridgehead atoms. The first-order valence-electron chi connectivity index (χ1n) is 7.93. The first-order chi connectivity index (χ1) is 8.40. The highest BCUT2D eigenvalue weighted by Gasteiger charge is 2.49. The van der Waals surface area contributed by atoms with E-state index in [-0.39, 0.29) is 7.61 Å². The largest absolute Gasteiger partial charge is 0.112 e. The van der Waals surface area contributed by atoms with E-state index in [1.54, 1.807) is 0 Å². The topological polar surface area (TPSA) is 0 Å². The van der Waals surface area contributed by atoms with Crippen LogP contribution in [0.1, 0.15) is 0 Å². The molecule has 0 N–H and O–H groups in total. The summed E-state index contributed by atoms with van der Waals surface area (Å²) in [4.78, 5) is 2.16. The molecule has 20 heavy (non-hydrogen) atoms. The SMILES string of the molecule is C[Si](C)(C)C(P(P)C([Si](C)(C)C)[Si](C)(C)C)[Si](C)(C)C. The van der Waals surface area contributed by atoms with Crippen LogP contribution in [0.15, 0.2) is 0 Å². The van der Waals surface area contributed by atoms with Crippen LogP contribution in [0.4, 0.5) is 0 Å². The van der Waals surface area contributed by atoms with Gasteiger partial charge in [-0.05, 0) is 9.81 Å². The molecule has 0 amide bonds. The lowest BCUT2D eigenvalue weighted by Crippen LogP contribution is -2.59. The Bertz CT molecular complexity index is 258. The summed E-state index contributed by atoms with van der Waals surface area (Å²) in [5, 5.41) is 0. The minimum absolute atomic E-state index is 0.104. The van der Waals surface area contributed by atoms with Crippen LogP contribution in [0.25, 0.3) is 0 Å². The Kier molecular flexibility index (Phi) is 7.27. The Balaban J connectivity index is 5.81. The fourth-order valence-electron chi connectivity index (χ4n) is 4.54. The molecule has 0 nitrogen and oxygen atoms in total. The lowest BCUT2D eigenvalue weighted by molar-refractivity contribution is 1.39. The number of hydrogen-bond donors (Lipinski definition) is 0. The minimum atomic E-state index is -1.09. The van der Waals surface area contributed by atoms with Gasteiger partial charge in [-0.3, -0.25) is 0 Å². The maximum atomic E-state index is 3.44. The summed E-state index contributed by atoms with van der Waals surface area (Å²) in [5.74, 6) is 0. The molecule has 0 aliphatic heterocycles. The van der Waals surface area contributed by atoms with Gasteiger partial charge in [0.15, 0.2) is 0 Å². The van der Waals surface area contributed by atoms with E-state index in [1.165, 1.54) is 0 Å². The Morgan fingerprint density at radius 2 is 0.650 bits per heavy atom. The van der Waals surface area contributed by atoms with E-state index < -0.39 is 32.3 Å². The van der Waals surface area contributed by atoms with Crippen LogP contribution < -0.4 is 0 Å². The highest BCUT2D eigenvalue weighted by Crippen LogP contribution is 2.63. The van der Waals surface area contributed by atoms with Crippen LogP contribution in [-0.4, -0.2) is 42.1 Å². The highest BCUT2D eigenvalue weighted by molar-refractivity contribution is 8.18. The van der Waals surface area contributed by atoms with E-state index in [4.69, 9.17) is 0 Å². The Hall–Kier alpha value is 1.73. The van der Waals surface area contributed by atoms with Crippen LogP contribution in [0.2, 0.25) is 78.6 Å². The molecule has 0 fully saturated rings. The summed E-state index contributed by atoms with van der Waals surface area (Å²) in [6.45, 7) is 31.5. The van der Waals surface area contributed by atoms with Crippen LogP contribution in [0.5, 0.6) is 0 Å². The third-order valence-electron chi connectivity index (χ3n) is 3.88. The summed E-state index contributed by atoms with van der Waals surface area (Å²) < 4.78 is 0. The maximum Gasteiger partial charge on any atom is 0.0495 e. The van der Waals surface area contributed by atoms with Gasteiger partial charge in [0.25, 0.3) is 0 Å². The van der Waals surface area contributed by atoms with Crippen LogP contribution in [-0.2, 0) is 0 Å². The van der Waals surface area contributed by atoms with E-state index in [0.29, 0.717) is 0 Å². The Labute approximate surface area is 137 Å². The summed E-state index contributed by atoms with van der Waals surface area (Å²) in [6.07, 6.45) is 0. The van der Waals surface area contributed by atoms with Gasteiger partial charge in [0.05, 0.1) is 0 Å². The normalized spacial score (nSPS) is 15.6. The number of rotatable bonds is 6. The summed E-state index contributed by atoms with van der Waals surface area (Å²) >= 11 is 0. The lowest BCUT2D eigenvalue weighted by Gasteiger charge is -2.51. The molecule has 0 spiro atoms. The molecule has 0 aliphatic carbocycles. The van der Waals surface area contributed by atoms with Gasteiger partial charge in [0, 0.05) is 32.3 Å². The first kappa shape index (κ1) is 21.7. The van der Waals surface area contributed by atoms with Crippen molar-refractivity contribution in [1.29, 1.82) is 0 Å². The molecule has 0 saturated heterocycles. The third kappa shape index (κ3) is 6.08. The predicted molar refractivity (Wildman–Crippen MR) is 118 cm³/mol. The Morgan fingerprint density at radius 1 is 0.500 bits per heavy atom. The van der Waals surface area contributed by atoms with Crippen molar-refractivity contribution in [2.75, 3.05) is 0 Å². The first-order valence-corrected chi connectivity index (χ1v) is 25.3. The van der Waals surface area contributed by atoms with Gasteiger partial charge in [-0.15, -0.1) is 8.93 Å². The van der Waals surface area contributed by atoms with Crippen molar-refractivity contribution < 1.29 is 0 Å². The fraction of sp³-hybridized carbons (Fsp3) is 1.00. The molecule has 6 heteroatoms. The summed E-state index contributed by atoms with van der Waals surface area (Å²) in [7, 11) is -0.821. The average Bonchev–Trinajstić information content (AvgIpc) is 1.88. The second kappa shape index (κ2) is 6.69. The van der Waals surface area contributed by atoms with Gasteiger partial charge in [0.2, 0.25) is 0 Å². The van der Waals surface area contributed by atoms with Crippen molar-refractivity contribution in [3.8, 4) is 0 Å². The molecule has 0 radical (unpaired) electrons. The zero-order valence-electron chi connectivity index (χ0n) is 16.2. The lowest BCUT2D eigenvalue weighted by atomic mass is 11.7. The predicted octanol–water partition coefficient (Wildman–Crippen LogP) is 6.51. The van der Waals surface area contributed by atoms with Gasteiger partial charge in [0.1, 0.15) is 0 Å². The van der Waals surface area contributed by atoms with E-state index >= 15 is 0 Å². The van der Waals surface area contributed by atoms with Gasteiger partial charge in [-0.25, -0.2) is 0 Å². The molecule has 1 unspecified atom stereocenters. The molecule has 1 atom stereocenters. The molecular weight excluding hydrogens is 342 g/mol. The molecule has 122 valence electrons. The van der Waals surface area contributed by atoms with Crippen molar-refractivity contribution >= 4 is 48.8 Å². The summed E-state index contributed by atoms with van der Waals surface area (Å²) in [6, 6.07) is 0. The third-order valence-corrected chi connectivity index (χ3v) is 40.3.